The second-order valence-electron chi connectivity index (χ2n) is 18.1. The van der Waals surface area contributed by atoms with Crippen LogP contribution < -0.4 is 0 Å². The molecule has 0 aromatic rings. The van der Waals surface area contributed by atoms with Crippen LogP contribution in [0.15, 0.2) is 0 Å². The minimum absolute atomic E-state index is 0.0643. The molecule has 0 aromatic carbocycles. The van der Waals surface area contributed by atoms with E-state index in [-0.39, 0.29) is 31.1 Å². The molecular weight excluding hydrogens is 721 g/mol. The third-order valence-corrected chi connectivity index (χ3v) is 12.2. The largest absolute Gasteiger partial charge is 0.462 e. The Hall–Kier alpha value is -1.59. The summed E-state index contributed by atoms with van der Waals surface area (Å²) in [6.45, 7) is 9.00. The van der Waals surface area contributed by atoms with Crippen molar-refractivity contribution in [2.75, 3.05) is 13.2 Å². The Bertz CT molecular complexity index is 874. The summed E-state index contributed by atoms with van der Waals surface area (Å²) in [6, 6.07) is 0. The quantitative estimate of drug-likeness (QED) is 0.0346. The Balaban J connectivity index is 4.00. The van der Waals surface area contributed by atoms with Gasteiger partial charge in [0.2, 0.25) is 0 Å². The van der Waals surface area contributed by atoms with Crippen LogP contribution in [0, 0.1) is 5.92 Å². The Labute approximate surface area is 361 Å². The van der Waals surface area contributed by atoms with Crippen molar-refractivity contribution in [3.63, 3.8) is 0 Å². The second-order valence-corrected chi connectivity index (χ2v) is 18.1. The minimum atomic E-state index is -0.758. The highest BCUT2D eigenvalue weighted by Gasteiger charge is 2.19. The van der Waals surface area contributed by atoms with Crippen LogP contribution in [0.4, 0.5) is 0 Å². The van der Waals surface area contributed by atoms with Crippen molar-refractivity contribution in [1.29, 1.82) is 0 Å². The maximum atomic E-state index is 12.6. The first-order valence-electron chi connectivity index (χ1n) is 25.9. The van der Waals surface area contributed by atoms with Gasteiger partial charge >= 0.3 is 17.9 Å². The summed E-state index contributed by atoms with van der Waals surface area (Å²) in [4.78, 5) is 37.6. The van der Waals surface area contributed by atoms with Gasteiger partial charge < -0.3 is 14.2 Å². The van der Waals surface area contributed by atoms with E-state index in [9.17, 15) is 14.4 Å². The van der Waals surface area contributed by atoms with Crippen LogP contribution in [0.1, 0.15) is 291 Å². The molecule has 0 spiro atoms. The third-order valence-electron chi connectivity index (χ3n) is 12.2. The molecule has 0 saturated carbocycles. The van der Waals surface area contributed by atoms with Crippen LogP contribution in [0.2, 0.25) is 0 Å². The zero-order valence-electron chi connectivity index (χ0n) is 39.5. The van der Waals surface area contributed by atoms with E-state index in [1.807, 2.05) is 0 Å². The standard InChI is InChI=1S/C52H100O6/c1-5-8-10-12-13-14-15-22-26-29-32-36-39-43-50(53)56-46-49(58-52(55)45-41-34-11-9-6-2)47-57-51(54)44-40-37-33-30-27-24-21-19-17-16-18-20-23-25-28-31-35-38-42-48(4)7-3/h48-49H,5-47H2,1-4H3/t48?,49-/m1/s1. The Kier molecular flexibility index (Phi) is 45.2. The molecule has 0 aliphatic carbocycles. The zero-order valence-corrected chi connectivity index (χ0v) is 39.5. The van der Waals surface area contributed by atoms with E-state index in [4.69, 9.17) is 14.2 Å². The van der Waals surface area contributed by atoms with Crippen molar-refractivity contribution in [3.8, 4) is 0 Å². The molecule has 0 rings (SSSR count). The molecule has 0 saturated heterocycles. The fourth-order valence-corrected chi connectivity index (χ4v) is 7.83. The van der Waals surface area contributed by atoms with Crippen LogP contribution in [-0.4, -0.2) is 37.2 Å². The molecule has 0 aliphatic rings. The van der Waals surface area contributed by atoms with E-state index < -0.39 is 6.10 Å². The lowest BCUT2D eigenvalue weighted by molar-refractivity contribution is -0.167. The number of ether oxygens (including phenoxy) is 3. The average Bonchev–Trinajstić information content (AvgIpc) is 3.22. The first-order chi connectivity index (χ1) is 28.4. The van der Waals surface area contributed by atoms with E-state index in [2.05, 4.69) is 27.7 Å². The third kappa shape index (κ3) is 44.0. The van der Waals surface area contributed by atoms with Gasteiger partial charge in [-0.3, -0.25) is 14.4 Å². The molecule has 6 nitrogen and oxygen atoms in total. The van der Waals surface area contributed by atoms with Crippen molar-refractivity contribution in [1.82, 2.24) is 0 Å². The molecule has 0 bridgehead atoms. The summed E-state index contributed by atoms with van der Waals surface area (Å²) in [6.07, 6.45) is 48.4. The van der Waals surface area contributed by atoms with Crippen LogP contribution in [-0.2, 0) is 28.6 Å². The van der Waals surface area contributed by atoms with Crippen molar-refractivity contribution < 1.29 is 28.6 Å². The Morgan fingerprint density at radius 2 is 0.603 bits per heavy atom. The summed E-state index contributed by atoms with van der Waals surface area (Å²) in [7, 11) is 0. The fourth-order valence-electron chi connectivity index (χ4n) is 7.83. The molecule has 0 amide bonds. The molecular formula is C52H100O6. The van der Waals surface area contributed by atoms with Crippen molar-refractivity contribution in [2.45, 2.75) is 297 Å². The van der Waals surface area contributed by atoms with Gasteiger partial charge in [-0.1, -0.05) is 252 Å². The molecule has 0 aromatic heterocycles. The maximum absolute atomic E-state index is 12.6. The Morgan fingerprint density at radius 3 is 0.897 bits per heavy atom. The van der Waals surface area contributed by atoms with E-state index in [0.717, 1.165) is 70.1 Å². The summed E-state index contributed by atoms with van der Waals surface area (Å²) < 4.78 is 16.7. The molecule has 0 aliphatic heterocycles. The van der Waals surface area contributed by atoms with E-state index >= 15 is 0 Å². The van der Waals surface area contributed by atoms with Crippen molar-refractivity contribution >= 4 is 17.9 Å². The van der Waals surface area contributed by atoms with E-state index in [1.165, 1.54) is 180 Å². The average molecular weight is 821 g/mol. The van der Waals surface area contributed by atoms with Crippen molar-refractivity contribution in [2.24, 2.45) is 5.92 Å². The summed E-state index contributed by atoms with van der Waals surface area (Å²) in [5.41, 5.74) is 0. The number of carbonyl (C=O) groups is 3. The smallest absolute Gasteiger partial charge is 0.306 e. The first-order valence-corrected chi connectivity index (χ1v) is 25.9. The lowest BCUT2D eigenvalue weighted by Gasteiger charge is -2.18. The highest BCUT2D eigenvalue weighted by molar-refractivity contribution is 5.71. The number of hydrogen-bond acceptors (Lipinski definition) is 6. The van der Waals surface area contributed by atoms with Gasteiger partial charge in [-0.15, -0.1) is 0 Å². The molecule has 344 valence electrons. The van der Waals surface area contributed by atoms with Gasteiger partial charge in [-0.25, -0.2) is 0 Å². The highest BCUT2D eigenvalue weighted by atomic mass is 16.6. The highest BCUT2D eigenvalue weighted by Crippen LogP contribution is 2.18. The number of carbonyl (C=O) groups excluding carboxylic acids is 3. The monoisotopic (exact) mass is 821 g/mol. The summed E-state index contributed by atoms with van der Waals surface area (Å²) in [5.74, 6) is 0.0491. The first kappa shape index (κ1) is 56.4. The van der Waals surface area contributed by atoms with Gasteiger partial charge in [0.25, 0.3) is 0 Å². The lowest BCUT2D eigenvalue weighted by atomic mass is 9.99. The second kappa shape index (κ2) is 46.5. The molecule has 1 unspecified atom stereocenters. The van der Waals surface area contributed by atoms with Crippen LogP contribution in [0.5, 0.6) is 0 Å². The van der Waals surface area contributed by atoms with Gasteiger partial charge in [0.15, 0.2) is 6.10 Å². The maximum Gasteiger partial charge on any atom is 0.306 e. The predicted molar refractivity (Wildman–Crippen MR) is 247 cm³/mol. The predicted octanol–water partition coefficient (Wildman–Crippen LogP) is 16.7. The van der Waals surface area contributed by atoms with Gasteiger partial charge in [0, 0.05) is 19.3 Å². The van der Waals surface area contributed by atoms with Gasteiger partial charge in [0.05, 0.1) is 0 Å². The number of rotatable bonds is 47. The molecule has 0 fully saturated rings. The molecule has 0 heterocycles. The van der Waals surface area contributed by atoms with Gasteiger partial charge in [-0.05, 0) is 25.2 Å². The van der Waals surface area contributed by atoms with Gasteiger partial charge in [0.1, 0.15) is 13.2 Å². The molecule has 0 N–H and O–H groups in total. The number of hydrogen-bond donors (Lipinski definition) is 0. The van der Waals surface area contributed by atoms with Crippen LogP contribution >= 0.6 is 0 Å². The van der Waals surface area contributed by atoms with Crippen molar-refractivity contribution in [3.05, 3.63) is 0 Å². The number of esters is 3. The SMILES string of the molecule is CCCCCCCCCCCCCCCC(=O)OC[C@H](COC(=O)CCCCCCCCCCCCCCCCCCCCC(C)CC)OC(=O)CCCCCCC. The molecule has 6 heteroatoms. The lowest BCUT2D eigenvalue weighted by Crippen LogP contribution is -2.30. The summed E-state index contributed by atoms with van der Waals surface area (Å²) >= 11 is 0. The topological polar surface area (TPSA) is 78.9 Å². The zero-order chi connectivity index (χ0) is 42.4. The summed E-state index contributed by atoms with van der Waals surface area (Å²) in [5, 5.41) is 0. The van der Waals surface area contributed by atoms with Crippen LogP contribution in [0.25, 0.3) is 0 Å². The number of unbranched alkanes of at least 4 members (excludes halogenated alkanes) is 33. The Morgan fingerprint density at radius 1 is 0.345 bits per heavy atom. The van der Waals surface area contributed by atoms with Crippen LogP contribution in [0.3, 0.4) is 0 Å². The van der Waals surface area contributed by atoms with Gasteiger partial charge in [-0.2, -0.15) is 0 Å². The molecule has 2 atom stereocenters. The fraction of sp³-hybridized carbons (Fsp3) is 0.942. The molecule has 58 heavy (non-hydrogen) atoms. The van der Waals surface area contributed by atoms with E-state index in [0.29, 0.717) is 19.3 Å². The normalized spacial score (nSPS) is 12.4. The molecule has 0 radical (unpaired) electrons. The van der Waals surface area contributed by atoms with E-state index in [1.54, 1.807) is 0 Å². The minimum Gasteiger partial charge on any atom is -0.462 e.